The molecule has 2 amide bonds. The normalized spacial score (nSPS) is 13.4. The fourth-order valence-corrected chi connectivity index (χ4v) is 3.23. The van der Waals surface area contributed by atoms with Crippen molar-refractivity contribution in [1.29, 1.82) is 0 Å². The Kier molecular flexibility index (Phi) is 5.43. The Morgan fingerprint density at radius 2 is 1.84 bits per heavy atom. The maximum absolute atomic E-state index is 12.2. The highest BCUT2D eigenvalue weighted by molar-refractivity contribution is 8.00. The third kappa shape index (κ3) is 4.86. The number of carbonyl (C=O) groups is 2. The quantitative estimate of drug-likeness (QED) is 0.757. The Labute approximate surface area is 152 Å². The van der Waals surface area contributed by atoms with Crippen LogP contribution in [-0.4, -0.2) is 17.6 Å². The monoisotopic (exact) mass is 354 g/mol. The minimum atomic E-state index is -0.0360. The molecule has 4 nitrogen and oxygen atoms in total. The third-order valence-corrected chi connectivity index (χ3v) is 5.29. The van der Waals surface area contributed by atoms with E-state index < -0.39 is 0 Å². The summed E-state index contributed by atoms with van der Waals surface area (Å²) < 4.78 is 0. The maximum atomic E-state index is 12.2. The van der Waals surface area contributed by atoms with Gasteiger partial charge in [0, 0.05) is 22.2 Å². The second kappa shape index (κ2) is 7.74. The van der Waals surface area contributed by atoms with Crippen LogP contribution < -0.4 is 10.6 Å². The predicted octanol–water partition coefficient (Wildman–Crippen LogP) is 4.38. The summed E-state index contributed by atoms with van der Waals surface area (Å²) in [4.78, 5) is 25.0. The summed E-state index contributed by atoms with van der Waals surface area (Å²) in [6, 6.07) is 13.5. The zero-order valence-electron chi connectivity index (χ0n) is 14.5. The first kappa shape index (κ1) is 17.5. The van der Waals surface area contributed by atoms with Crippen molar-refractivity contribution in [3.8, 4) is 0 Å². The lowest BCUT2D eigenvalue weighted by Gasteiger charge is -2.10. The topological polar surface area (TPSA) is 58.2 Å². The summed E-state index contributed by atoms with van der Waals surface area (Å²) in [6.45, 7) is 4.03. The molecule has 1 fully saturated rings. The van der Waals surface area contributed by atoms with Gasteiger partial charge < -0.3 is 10.6 Å². The maximum Gasteiger partial charge on any atom is 0.234 e. The van der Waals surface area contributed by atoms with Gasteiger partial charge >= 0.3 is 0 Å². The molecule has 0 aromatic heterocycles. The second-order valence-electron chi connectivity index (χ2n) is 6.38. The Morgan fingerprint density at radius 3 is 2.60 bits per heavy atom. The predicted molar refractivity (Wildman–Crippen MR) is 103 cm³/mol. The van der Waals surface area contributed by atoms with E-state index in [1.807, 2.05) is 56.3 Å². The smallest absolute Gasteiger partial charge is 0.234 e. The molecule has 1 aliphatic rings. The van der Waals surface area contributed by atoms with Crippen LogP contribution in [-0.2, 0) is 9.59 Å². The van der Waals surface area contributed by atoms with Gasteiger partial charge in [0.25, 0.3) is 0 Å². The van der Waals surface area contributed by atoms with Gasteiger partial charge in [0.05, 0.1) is 5.75 Å². The van der Waals surface area contributed by atoms with Crippen molar-refractivity contribution >= 4 is 35.0 Å². The van der Waals surface area contributed by atoms with Crippen LogP contribution in [0.4, 0.5) is 11.4 Å². The molecule has 3 rings (SSSR count). The molecule has 2 aromatic carbocycles. The molecular formula is C20H22N2O2S. The molecule has 0 spiro atoms. The van der Waals surface area contributed by atoms with Crippen molar-refractivity contribution in [3.63, 3.8) is 0 Å². The summed E-state index contributed by atoms with van der Waals surface area (Å²) in [6.07, 6.45) is 1.97. The number of hydrogen-bond donors (Lipinski definition) is 2. The van der Waals surface area contributed by atoms with Crippen molar-refractivity contribution in [2.24, 2.45) is 5.92 Å². The molecule has 2 aromatic rings. The molecule has 0 saturated heterocycles. The molecule has 5 heteroatoms. The summed E-state index contributed by atoms with van der Waals surface area (Å²) in [7, 11) is 0. The van der Waals surface area contributed by atoms with Crippen molar-refractivity contribution in [1.82, 2.24) is 0 Å². The van der Waals surface area contributed by atoms with Crippen molar-refractivity contribution in [2.75, 3.05) is 16.4 Å². The minimum absolute atomic E-state index is 0.0360. The van der Waals surface area contributed by atoms with Crippen LogP contribution >= 0.6 is 11.8 Å². The van der Waals surface area contributed by atoms with E-state index in [4.69, 9.17) is 0 Å². The average molecular weight is 354 g/mol. The Balaban J connectivity index is 1.54. The Bertz CT molecular complexity index is 800. The van der Waals surface area contributed by atoms with Gasteiger partial charge in [-0.2, -0.15) is 0 Å². The van der Waals surface area contributed by atoms with Crippen molar-refractivity contribution in [3.05, 3.63) is 53.6 Å². The van der Waals surface area contributed by atoms with Crippen LogP contribution in [0.5, 0.6) is 0 Å². The highest BCUT2D eigenvalue weighted by Crippen LogP contribution is 2.31. The van der Waals surface area contributed by atoms with E-state index in [9.17, 15) is 9.59 Å². The SMILES string of the molecule is Cc1cccc(NC(=O)CSc2cccc(NC(=O)C3CC3)c2)c1C. The highest BCUT2D eigenvalue weighted by Gasteiger charge is 2.29. The molecule has 2 N–H and O–H groups in total. The van der Waals surface area contributed by atoms with Gasteiger partial charge in [0.1, 0.15) is 0 Å². The molecule has 1 aliphatic carbocycles. The number of carbonyl (C=O) groups excluding carboxylic acids is 2. The number of hydrogen-bond acceptors (Lipinski definition) is 3. The first-order valence-electron chi connectivity index (χ1n) is 8.43. The molecular weight excluding hydrogens is 332 g/mol. The van der Waals surface area contributed by atoms with Crippen molar-refractivity contribution in [2.45, 2.75) is 31.6 Å². The zero-order chi connectivity index (χ0) is 17.8. The van der Waals surface area contributed by atoms with Gasteiger partial charge in [-0.15, -0.1) is 11.8 Å². The van der Waals surface area contributed by atoms with Gasteiger partial charge in [-0.3, -0.25) is 9.59 Å². The van der Waals surface area contributed by atoms with Crippen molar-refractivity contribution < 1.29 is 9.59 Å². The Morgan fingerprint density at radius 1 is 1.08 bits per heavy atom. The van der Waals surface area contributed by atoms with Gasteiger partial charge in [0.15, 0.2) is 0 Å². The zero-order valence-corrected chi connectivity index (χ0v) is 15.3. The second-order valence-corrected chi connectivity index (χ2v) is 7.42. The molecule has 0 heterocycles. The van der Waals surface area contributed by atoms with E-state index in [2.05, 4.69) is 10.6 Å². The van der Waals surface area contributed by atoms with Gasteiger partial charge in [-0.25, -0.2) is 0 Å². The largest absolute Gasteiger partial charge is 0.326 e. The lowest BCUT2D eigenvalue weighted by molar-refractivity contribution is -0.117. The number of thioether (sulfide) groups is 1. The molecule has 0 atom stereocenters. The number of rotatable bonds is 6. The number of nitrogens with one attached hydrogen (secondary N) is 2. The van der Waals surface area contributed by atoms with E-state index in [1.54, 1.807) is 0 Å². The van der Waals surface area contributed by atoms with Crippen LogP contribution in [0.25, 0.3) is 0 Å². The average Bonchev–Trinajstić information content (AvgIpc) is 3.43. The van der Waals surface area contributed by atoms with E-state index in [-0.39, 0.29) is 17.7 Å². The number of aryl methyl sites for hydroxylation is 1. The molecule has 0 unspecified atom stereocenters. The molecule has 25 heavy (non-hydrogen) atoms. The van der Waals surface area contributed by atoms with E-state index in [0.29, 0.717) is 5.75 Å². The first-order chi connectivity index (χ1) is 12.0. The standard InChI is InChI=1S/C20H22N2O2S/c1-13-5-3-8-18(14(13)2)22-19(23)12-25-17-7-4-6-16(11-17)21-20(24)15-9-10-15/h3-8,11,15H,9-10,12H2,1-2H3,(H,21,24)(H,22,23). The number of benzene rings is 2. The summed E-state index contributed by atoms with van der Waals surface area (Å²) in [5.41, 5.74) is 3.89. The summed E-state index contributed by atoms with van der Waals surface area (Å²) in [5.74, 6) is 0.563. The molecule has 130 valence electrons. The number of amides is 2. The fourth-order valence-electron chi connectivity index (χ4n) is 2.48. The molecule has 1 saturated carbocycles. The van der Waals surface area contributed by atoms with Crippen LogP contribution in [0.1, 0.15) is 24.0 Å². The first-order valence-corrected chi connectivity index (χ1v) is 9.41. The summed E-state index contributed by atoms with van der Waals surface area (Å²) >= 11 is 1.46. The number of anilines is 2. The lowest BCUT2D eigenvalue weighted by Crippen LogP contribution is -2.15. The Hall–Kier alpha value is -2.27. The van der Waals surface area contributed by atoms with E-state index in [0.717, 1.165) is 40.2 Å². The minimum Gasteiger partial charge on any atom is -0.326 e. The van der Waals surface area contributed by atoms with Crippen LogP contribution in [0, 0.1) is 19.8 Å². The fraction of sp³-hybridized carbons (Fsp3) is 0.300. The van der Waals surface area contributed by atoms with Gasteiger partial charge in [0.2, 0.25) is 11.8 Å². The summed E-state index contributed by atoms with van der Waals surface area (Å²) in [5, 5.41) is 5.89. The van der Waals surface area contributed by atoms with E-state index >= 15 is 0 Å². The van der Waals surface area contributed by atoms with Gasteiger partial charge in [-0.05, 0) is 62.1 Å². The van der Waals surface area contributed by atoms with Crippen LogP contribution in [0.3, 0.4) is 0 Å². The molecule has 0 radical (unpaired) electrons. The molecule has 0 aliphatic heterocycles. The molecule has 0 bridgehead atoms. The lowest BCUT2D eigenvalue weighted by atomic mass is 10.1. The van der Waals surface area contributed by atoms with Crippen LogP contribution in [0.15, 0.2) is 47.4 Å². The van der Waals surface area contributed by atoms with Gasteiger partial charge in [-0.1, -0.05) is 18.2 Å². The third-order valence-electron chi connectivity index (χ3n) is 4.30. The highest BCUT2D eigenvalue weighted by atomic mass is 32.2. The van der Waals surface area contributed by atoms with E-state index in [1.165, 1.54) is 11.8 Å². The van der Waals surface area contributed by atoms with Crippen LogP contribution in [0.2, 0.25) is 0 Å².